The zero-order valence-electron chi connectivity index (χ0n) is 19.0. The Hall–Kier alpha value is -4.21. The molecule has 1 saturated heterocycles. The van der Waals surface area contributed by atoms with Crippen molar-refractivity contribution in [3.05, 3.63) is 89.0 Å². The van der Waals surface area contributed by atoms with Crippen LogP contribution in [0.25, 0.3) is 6.08 Å². The summed E-state index contributed by atoms with van der Waals surface area (Å²) in [6.45, 7) is -0.289. The first-order valence-electron chi connectivity index (χ1n) is 10.7. The number of anilines is 2. The summed E-state index contributed by atoms with van der Waals surface area (Å²) in [5.74, 6) is -0.779. The average Bonchev–Trinajstić information content (AvgIpc) is 2.87. The number of methoxy groups -OCH3 is 1. The van der Waals surface area contributed by atoms with Gasteiger partial charge in [0.25, 0.3) is 17.7 Å². The molecule has 36 heavy (non-hydrogen) atoms. The Bertz CT molecular complexity index is 1380. The van der Waals surface area contributed by atoms with Gasteiger partial charge < -0.3 is 14.8 Å². The standard InChI is InChI=1S/C26H20ClN3O5S/c1-34-22-10-6-5-9-20(22)28-23(31)15-35-21-12-11-16(14-19(21)27)13-18-24(32)29-26(36)30(25(18)33)17-7-3-2-4-8-17/h2-14H,15H2,1H3,(H,28,31)(H,29,32,36)/b18-13-. The lowest BCUT2D eigenvalue weighted by molar-refractivity contribution is -0.122. The van der Waals surface area contributed by atoms with E-state index in [0.29, 0.717) is 22.7 Å². The molecule has 4 rings (SSSR count). The number of rotatable bonds is 7. The molecule has 0 atom stereocenters. The fourth-order valence-corrected chi connectivity index (χ4v) is 3.96. The van der Waals surface area contributed by atoms with Crippen LogP contribution in [0.15, 0.2) is 78.4 Å². The summed E-state index contributed by atoms with van der Waals surface area (Å²) in [7, 11) is 1.51. The number of carbonyl (C=O) groups is 3. The number of hydrogen-bond donors (Lipinski definition) is 2. The zero-order chi connectivity index (χ0) is 25.7. The van der Waals surface area contributed by atoms with E-state index in [2.05, 4.69) is 10.6 Å². The van der Waals surface area contributed by atoms with Gasteiger partial charge in [-0.15, -0.1) is 0 Å². The minimum Gasteiger partial charge on any atom is -0.495 e. The highest BCUT2D eigenvalue weighted by atomic mass is 35.5. The highest BCUT2D eigenvalue weighted by Crippen LogP contribution is 2.28. The summed E-state index contributed by atoms with van der Waals surface area (Å²) >= 11 is 11.5. The van der Waals surface area contributed by atoms with Gasteiger partial charge in [-0.25, -0.2) is 0 Å². The van der Waals surface area contributed by atoms with Crippen LogP contribution in [0, 0.1) is 0 Å². The molecule has 0 aromatic heterocycles. The fourth-order valence-electron chi connectivity index (χ4n) is 3.44. The minimum atomic E-state index is -0.610. The van der Waals surface area contributed by atoms with Crippen LogP contribution in [0.3, 0.4) is 0 Å². The number of amides is 3. The summed E-state index contributed by atoms with van der Waals surface area (Å²) in [5.41, 5.74) is 1.44. The van der Waals surface area contributed by atoms with Crippen molar-refractivity contribution in [3.63, 3.8) is 0 Å². The molecule has 0 spiro atoms. The fraction of sp³-hybridized carbons (Fsp3) is 0.0769. The van der Waals surface area contributed by atoms with E-state index in [0.717, 1.165) is 0 Å². The summed E-state index contributed by atoms with van der Waals surface area (Å²) in [6, 6.07) is 20.5. The first-order valence-corrected chi connectivity index (χ1v) is 11.5. The van der Waals surface area contributed by atoms with Crippen LogP contribution in [0.2, 0.25) is 5.02 Å². The van der Waals surface area contributed by atoms with Crippen molar-refractivity contribution < 1.29 is 23.9 Å². The molecule has 182 valence electrons. The maximum absolute atomic E-state index is 13.1. The molecule has 3 aromatic carbocycles. The molecule has 0 saturated carbocycles. The maximum atomic E-state index is 13.1. The number of ether oxygens (including phenoxy) is 2. The topological polar surface area (TPSA) is 97.0 Å². The smallest absolute Gasteiger partial charge is 0.270 e. The number of nitrogens with one attached hydrogen (secondary N) is 2. The number of hydrogen-bond acceptors (Lipinski definition) is 6. The third-order valence-electron chi connectivity index (χ3n) is 5.12. The molecule has 0 unspecified atom stereocenters. The van der Waals surface area contributed by atoms with E-state index in [1.54, 1.807) is 60.7 Å². The second kappa shape index (κ2) is 11.0. The van der Waals surface area contributed by atoms with Crippen molar-refractivity contribution in [1.82, 2.24) is 5.32 Å². The minimum absolute atomic E-state index is 0.00142. The van der Waals surface area contributed by atoms with Gasteiger partial charge in [-0.2, -0.15) is 0 Å². The number of benzene rings is 3. The van der Waals surface area contributed by atoms with Gasteiger partial charge in [-0.1, -0.05) is 48.0 Å². The molecule has 8 nitrogen and oxygen atoms in total. The monoisotopic (exact) mass is 521 g/mol. The lowest BCUT2D eigenvalue weighted by Gasteiger charge is -2.28. The number of nitrogens with zero attached hydrogens (tertiary/aromatic N) is 1. The average molecular weight is 522 g/mol. The molecule has 2 N–H and O–H groups in total. The van der Waals surface area contributed by atoms with E-state index in [1.165, 1.54) is 24.2 Å². The van der Waals surface area contributed by atoms with E-state index < -0.39 is 17.7 Å². The van der Waals surface area contributed by atoms with Gasteiger partial charge in [0, 0.05) is 0 Å². The van der Waals surface area contributed by atoms with Crippen LogP contribution in [0.5, 0.6) is 11.5 Å². The molecule has 1 aliphatic rings. The Morgan fingerprint density at radius 3 is 2.50 bits per heavy atom. The quantitative estimate of drug-likeness (QED) is 0.275. The van der Waals surface area contributed by atoms with Crippen molar-refractivity contribution in [3.8, 4) is 11.5 Å². The van der Waals surface area contributed by atoms with E-state index in [9.17, 15) is 14.4 Å². The van der Waals surface area contributed by atoms with Crippen molar-refractivity contribution in [1.29, 1.82) is 0 Å². The summed E-state index contributed by atoms with van der Waals surface area (Å²) in [5, 5.41) is 5.45. The number of para-hydroxylation sites is 3. The lowest BCUT2D eigenvalue weighted by Crippen LogP contribution is -2.54. The van der Waals surface area contributed by atoms with E-state index in [4.69, 9.17) is 33.3 Å². The molecular weight excluding hydrogens is 502 g/mol. The molecule has 1 heterocycles. The lowest BCUT2D eigenvalue weighted by atomic mass is 10.1. The van der Waals surface area contributed by atoms with Gasteiger partial charge in [0.05, 0.1) is 23.5 Å². The van der Waals surface area contributed by atoms with Crippen molar-refractivity contribution in [2.45, 2.75) is 0 Å². The second-order valence-electron chi connectivity index (χ2n) is 7.52. The molecule has 0 aliphatic carbocycles. The number of carbonyl (C=O) groups excluding carboxylic acids is 3. The molecule has 1 fully saturated rings. The van der Waals surface area contributed by atoms with Gasteiger partial charge in [-0.05, 0) is 60.3 Å². The van der Waals surface area contributed by atoms with Crippen molar-refractivity contribution >= 4 is 64.1 Å². The van der Waals surface area contributed by atoms with E-state index in [-0.39, 0.29) is 28.1 Å². The normalized spacial score (nSPS) is 14.4. The van der Waals surface area contributed by atoms with Crippen LogP contribution in [-0.2, 0) is 14.4 Å². The third-order valence-corrected chi connectivity index (χ3v) is 5.70. The maximum Gasteiger partial charge on any atom is 0.270 e. The molecule has 10 heteroatoms. The van der Waals surface area contributed by atoms with Crippen LogP contribution >= 0.6 is 23.8 Å². The van der Waals surface area contributed by atoms with Crippen LogP contribution in [-0.4, -0.2) is 36.6 Å². The van der Waals surface area contributed by atoms with Crippen LogP contribution < -0.4 is 25.0 Å². The third kappa shape index (κ3) is 5.54. The van der Waals surface area contributed by atoms with Crippen LogP contribution in [0.1, 0.15) is 5.56 Å². The highest BCUT2D eigenvalue weighted by molar-refractivity contribution is 7.80. The molecule has 0 radical (unpaired) electrons. The predicted molar refractivity (Wildman–Crippen MR) is 141 cm³/mol. The van der Waals surface area contributed by atoms with Gasteiger partial charge in [0.15, 0.2) is 11.7 Å². The second-order valence-corrected chi connectivity index (χ2v) is 8.31. The molecule has 0 bridgehead atoms. The summed E-state index contributed by atoms with van der Waals surface area (Å²) < 4.78 is 10.8. The van der Waals surface area contributed by atoms with Gasteiger partial charge in [-0.3, -0.25) is 24.6 Å². The summed E-state index contributed by atoms with van der Waals surface area (Å²) in [4.78, 5) is 39.1. The first-order chi connectivity index (χ1) is 17.4. The molecule has 3 amide bonds. The Balaban J connectivity index is 1.47. The highest BCUT2D eigenvalue weighted by Gasteiger charge is 2.34. The largest absolute Gasteiger partial charge is 0.495 e. The molecule has 1 aliphatic heterocycles. The first kappa shape index (κ1) is 24.9. The SMILES string of the molecule is COc1ccccc1NC(=O)COc1ccc(/C=C2/C(=O)NC(=S)N(c3ccccc3)C2=O)cc1Cl. The summed E-state index contributed by atoms with van der Waals surface area (Å²) in [6.07, 6.45) is 1.42. The Kier molecular flexibility index (Phi) is 7.62. The van der Waals surface area contributed by atoms with E-state index in [1.807, 2.05) is 6.07 Å². The van der Waals surface area contributed by atoms with Crippen LogP contribution in [0.4, 0.5) is 11.4 Å². The van der Waals surface area contributed by atoms with Crippen molar-refractivity contribution in [2.75, 3.05) is 23.9 Å². The van der Waals surface area contributed by atoms with E-state index >= 15 is 0 Å². The zero-order valence-corrected chi connectivity index (χ0v) is 20.6. The molecule has 3 aromatic rings. The van der Waals surface area contributed by atoms with Crippen molar-refractivity contribution in [2.24, 2.45) is 0 Å². The Morgan fingerprint density at radius 2 is 1.78 bits per heavy atom. The van der Waals surface area contributed by atoms with Gasteiger partial charge >= 0.3 is 0 Å². The Morgan fingerprint density at radius 1 is 1.06 bits per heavy atom. The molecular formula is C26H20ClN3O5S. The Labute approximate surface area is 217 Å². The van der Waals surface area contributed by atoms with Gasteiger partial charge in [0.2, 0.25) is 0 Å². The van der Waals surface area contributed by atoms with Gasteiger partial charge in [0.1, 0.15) is 17.1 Å². The predicted octanol–water partition coefficient (Wildman–Crippen LogP) is 4.20. The number of thiocarbonyl (C=S) groups is 1. The number of halogens is 1.